The largest absolute Gasteiger partial charge is 0.369 e. The summed E-state index contributed by atoms with van der Waals surface area (Å²) in [5, 5.41) is 6.12. The zero-order valence-electron chi connectivity index (χ0n) is 9.90. The first-order valence-corrected chi connectivity index (χ1v) is 5.59. The summed E-state index contributed by atoms with van der Waals surface area (Å²) < 4.78 is 0. The zero-order valence-corrected chi connectivity index (χ0v) is 10.7. The summed E-state index contributed by atoms with van der Waals surface area (Å²) >= 11 is 0. The Hall–Kier alpha value is -1.26. The van der Waals surface area contributed by atoms with Crippen LogP contribution in [-0.4, -0.2) is 32.1 Å². The second kappa shape index (κ2) is 6.47. The molecule has 17 heavy (non-hydrogen) atoms. The second-order valence-electron chi connectivity index (χ2n) is 3.97. The first kappa shape index (κ1) is 13.8. The molecule has 1 heterocycles. The van der Waals surface area contributed by atoms with Crippen molar-refractivity contribution < 1.29 is 4.79 Å². The molecule has 1 amide bonds. The number of anilines is 2. The summed E-state index contributed by atoms with van der Waals surface area (Å²) in [5.41, 5.74) is 2.04. The molecule has 2 N–H and O–H groups in total. The minimum absolute atomic E-state index is 0. The number of carbonyl (C=O) groups is 1. The van der Waals surface area contributed by atoms with E-state index in [1.165, 1.54) is 12.6 Å². The summed E-state index contributed by atoms with van der Waals surface area (Å²) in [4.78, 5) is 13.3. The van der Waals surface area contributed by atoms with Crippen LogP contribution in [0.4, 0.5) is 11.4 Å². The Balaban J connectivity index is 0.00000144. The van der Waals surface area contributed by atoms with Crippen molar-refractivity contribution in [2.45, 2.75) is 6.92 Å². The molecular weight excluding hydrogens is 238 g/mol. The highest BCUT2D eigenvalue weighted by molar-refractivity contribution is 5.89. The van der Waals surface area contributed by atoms with E-state index < -0.39 is 0 Å². The normalized spacial score (nSPS) is 15.0. The van der Waals surface area contributed by atoms with E-state index >= 15 is 0 Å². The molecular formula is C12H18ClN3O. The van der Waals surface area contributed by atoms with E-state index in [0.29, 0.717) is 0 Å². The fraction of sp³-hybridized carbons (Fsp3) is 0.417. The van der Waals surface area contributed by atoms with Gasteiger partial charge in [-0.3, -0.25) is 4.79 Å². The van der Waals surface area contributed by atoms with E-state index in [4.69, 9.17) is 0 Å². The third-order valence-corrected chi connectivity index (χ3v) is 2.65. The van der Waals surface area contributed by atoms with Crippen LogP contribution < -0.4 is 15.5 Å². The molecule has 0 spiro atoms. The Morgan fingerprint density at radius 1 is 1.35 bits per heavy atom. The maximum absolute atomic E-state index is 11.0. The van der Waals surface area contributed by atoms with Gasteiger partial charge in [-0.2, -0.15) is 0 Å². The number of halogens is 1. The number of hydrogen-bond acceptors (Lipinski definition) is 3. The minimum Gasteiger partial charge on any atom is -0.369 e. The fourth-order valence-electron chi connectivity index (χ4n) is 1.91. The third kappa shape index (κ3) is 3.91. The van der Waals surface area contributed by atoms with Crippen molar-refractivity contribution in [2.75, 3.05) is 36.4 Å². The molecule has 94 valence electrons. The van der Waals surface area contributed by atoms with Gasteiger partial charge in [0, 0.05) is 44.5 Å². The predicted octanol–water partition coefficient (Wildman–Crippen LogP) is 1.48. The number of carbonyl (C=O) groups excluding carboxylic acids is 1. The smallest absolute Gasteiger partial charge is 0.221 e. The third-order valence-electron chi connectivity index (χ3n) is 2.65. The van der Waals surface area contributed by atoms with Gasteiger partial charge in [0.25, 0.3) is 0 Å². The van der Waals surface area contributed by atoms with Gasteiger partial charge in [0.15, 0.2) is 0 Å². The van der Waals surface area contributed by atoms with Gasteiger partial charge in [0.05, 0.1) is 0 Å². The number of rotatable bonds is 2. The number of nitrogens with zero attached hydrogens (tertiary/aromatic N) is 1. The second-order valence-corrected chi connectivity index (χ2v) is 3.97. The molecule has 0 radical (unpaired) electrons. The molecule has 1 fully saturated rings. The van der Waals surface area contributed by atoms with Crippen LogP contribution in [0.25, 0.3) is 0 Å². The van der Waals surface area contributed by atoms with Crippen LogP contribution >= 0.6 is 12.4 Å². The topological polar surface area (TPSA) is 44.4 Å². The Labute approximate surface area is 108 Å². The monoisotopic (exact) mass is 255 g/mol. The van der Waals surface area contributed by atoms with Gasteiger partial charge in [-0.1, -0.05) is 6.07 Å². The van der Waals surface area contributed by atoms with Crippen molar-refractivity contribution in [2.24, 2.45) is 0 Å². The molecule has 0 bridgehead atoms. The Bertz CT molecular complexity index is 378. The lowest BCUT2D eigenvalue weighted by atomic mass is 10.2. The number of piperazine rings is 1. The van der Waals surface area contributed by atoms with Gasteiger partial charge in [-0.25, -0.2) is 0 Å². The van der Waals surface area contributed by atoms with Gasteiger partial charge in [0.1, 0.15) is 0 Å². The molecule has 0 aromatic heterocycles. The Morgan fingerprint density at radius 3 is 2.71 bits per heavy atom. The minimum atomic E-state index is -0.0301. The average Bonchev–Trinajstić information content (AvgIpc) is 2.30. The first-order valence-electron chi connectivity index (χ1n) is 5.59. The lowest BCUT2D eigenvalue weighted by Gasteiger charge is -2.29. The van der Waals surface area contributed by atoms with Crippen molar-refractivity contribution in [3.05, 3.63) is 24.3 Å². The molecule has 0 atom stereocenters. The van der Waals surface area contributed by atoms with Crippen molar-refractivity contribution >= 4 is 29.7 Å². The van der Waals surface area contributed by atoms with E-state index in [-0.39, 0.29) is 18.3 Å². The van der Waals surface area contributed by atoms with Crippen LogP contribution in [0.3, 0.4) is 0 Å². The molecule has 1 aliphatic heterocycles. The zero-order chi connectivity index (χ0) is 11.4. The highest BCUT2D eigenvalue weighted by Gasteiger charge is 2.10. The lowest BCUT2D eigenvalue weighted by Crippen LogP contribution is -2.43. The van der Waals surface area contributed by atoms with Crippen LogP contribution in [0, 0.1) is 0 Å². The van der Waals surface area contributed by atoms with Crippen LogP contribution in [0.15, 0.2) is 24.3 Å². The van der Waals surface area contributed by atoms with Crippen molar-refractivity contribution in [1.29, 1.82) is 0 Å². The number of benzene rings is 1. The molecule has 1 saturated heterocycles. The number of nitrogens with one attached hydrogen (secondary N) is 2. The van der Waals surface area contributed by atoms with Crippen LogP contribution in [0.2, 0.25) is 0 Å². The van der Waals surface area contributed by atoms with E-state index in [2.05, 4.69) is 21.6 Å². The lowest BCUT2D eigenvalue weighted by molar-refractivity contribution is -0.114. The average molecular weight is 256 g/mol. The standard InChI is InChI=1S/C12H17N3O.ClH/c1-10(16)14-11-3-2-4-12(9-11)15-7-5-13-6-8-15;/h2-4,9,13H,5-8H2,1H3,(H,14,16);1H. The van der Waals surface area contributed by atoms with E-state index in [9.17, 15) is 4.79 Å². The van der Waals surface area contributed by atoms with Gasteiger partial charge in [-0.05, 0) is 18.2 Å². The van der Waals surface area contributed by atoms with Gasteiger partial charge in [0.2, 0.25) is 5.91 Å². The summed E-state index contributed by atoms with van der Waals surface area (Å²) in [6, 6.07) is 7.99. The summed E-state index contributed by atoms with van der Waals surface area (Å²) in [6.07, 6.45) is 0. The predicted molar refractivity (Wildman–Crippen MR) is 73.1 cm³/mol. The molecule has 0 unspecified atom stereocenters. The number of hydrogen-bond donors (Lipinski definition) is 2. The molecule has 0 saturated carbocycles. The van der Waals surface area contributed by atoms with Crippen LogP contribution in [0.5, 0.6) is 0 Å². The number of amides is 1. The van der Waals surface area contributed by atoms with Crippen molar-refractivity contribution in [3.8, 4) is 0 Å². The fourth-order valence-corrected chi connectivity index (χ4v) is 1.91. The van der Waals surface area contributed by atoms with Crippen LogP contribution in [0.1, 0.15) is 6.92 Å². The summed E-state index contributed by atoms with van der Waals surface area (Å²) in [7, 11) is 0. The van der Waals surface area contributed by atoms with Gasteiger partial charge >= 0.3 is 0 Å². The molecule has 0 aliphatic carbocycles. The molecule has 2 rings (SSSR count). The highest BCUT2D eigenvalue weighted by atomic mass is 35.5. The van der Waals surface area contributed by atoms with E-state index in [1.807, 2.05) is 18.2 Å². The molecule has 4 nitrogen and oxygen atoms in total. The molecule has 1 aromatic carbocycles. The maximum atomic E-state index is 11.0. The molecule has 5 heteroatoms. The van der Waals surface area contributed by atoms with E-state index in [0.717, 1.165) is 31.9 Å². The Morgan fingerprint density at radius 2 is 2.06 bits per heavy atom. The summed E-state index contributed by atoms with van der Waals surface area (Å²) in [6.45, 7) is 5.60. The quantitative estimate of drug-likeness (QED) is 0.841. The first-order chi connectivity index (χ1) is 7.75. The Kier molecular flexibility index (Phi) is 5.25. The SMILES string of the molecule is CC(=O)Nc1cccc(N2CCNCC2)c1.Cl. The van der Waals surface area contributed by atoms with Crippen LogP contribution in [-0.2, 0) is 4.79 Å². The van der Waals surface area contributed by atoms with Gasteiger partial charge < -0.3 is 15.5 Å². The maximum Gasteiger partial charge on any atom is 0.221 e. The van der Waals surface area contributed by atoms with Gasteiger partial charge in [-0.15, -0.1) is 12.4 Å². The summed E-state index contributed by atoms with van der Waals surface area (Å²) in [5.74, 6) is -0.0301. The molecule has 1 aliphatic rings. The highest BCUT2D eigenvalue weighted by Crippen LogP contribution is 2.19. The van der Waals surface area contributed by atoms with Crippen molar-refractivity contribution in [3.63, 3.8) is 0 Å². The van der Waals surface area contributed by atoms with E-state index in [1.54, 1.807) is 0 Å². The van der Waals surface area contributed by atoms with Crippen molar-refractivity contribution in [1.82, 2.24) is 5.32 Å². The molecule has 1 aromatic rings.